The summed E-state index contributed by atoms with van der Waals surface area (Å²) in [5, 5.41) is 0. The van der Waals surface area contributed by atoms with Crippen LogP contribution in [0, 0.1) is 6.92 Å². The van der Waals surface area contributed by atoms with E-state index in [2.05, 4.69) is 31.9 Å². The monoisotopic (exact) mass is 382 g/mol. The molecule has 0 aliphatic heterocycles. The van der Waals surface area contributed by atoms with E-state index >= 15 is 0 Å². The molecule has 2 rings (SSSR count). The minimum atomic E-state index is -0.00914. The lowest BCUT2D eigenvalue weighted by molar-refractivity contribution is 0.103. The molecule has 0 unspecified atom stereocenters. The highest BCUT2D eigenvalue weighted by Crippen LogP contribution is 2.26. The molecular weight excluding hydrogens is 372 g/mol. The van der Waals surface area contributed by atoms with Crippen molar-refractivity contribution < 1.29 is 9.53 Å². The second-order valence-corrected chi connectivity index (χ2v) is 5.91. The zero-order valence-electron chi connectivity index (χ0n) is 10.5. The number of ketones is 1. The van der Waals surface area contributed by atoms with Crippen LogP contribution >= 0.6 is 31.9 Å². The van der Waals surface area contributed by atoms with Gasteiger partial charge < -0.3 is 4.74 Å². The highest BCUT2D eigenvalue weighted by atomic mass is 79.9. The average molecular weight is 384 g/mol. The third-order valence-corrected chi connectivity index (χ3v) is 3.98. The van der Waals surface area contributed by atoms with Crippen LogP contribution in [0.3, 0.4) is 0 Å². The molecule has 0 radical (unpaired) electrons. The van der Waals surface area contributed by atoms with Crippen LogP contribution in [0.5, 0.6) is 5.75 Å². The predicted molar refractivity (Wildman–Crippen MR) is 83.0 cm³/mol. The van der Waals surface area contributed by atoms with Crippen molar-refractivity contribution in [2.24, 2.45) is 0 Å². The first-order chi connectivity index (χ1) is 9.02. The number of carbonyl (C=O) groups is 1. The van der Waals surface area contributed by atoms with Gasteiger partial charge in [0.15, 0.2) is 5.78 Å². The number of aryl methyl sites for hydroxylation is 1. The van der Waals surface area contributed by atoms with Gasteiger partial charge in [-0.3, -0.25) is 4.79 Å². The summed E-state index contributed by atoms with van der Waals surface area (Å²) in [7, 11) is 1.62. The number of hydrogen-bond donors (Lipinski definition) is 0. The van der Waals surface area contributed by atoms with Crippen LogP contribution < -0.4 is 4.74 Å². The normalized spacial score (nSPS) is 10.3. The summed E-state index contributed by atoms with van der Waals surface area (Å²) in [5.41, 5.74) is 2.25. The fraction of sp³-hybridized carbons (Fsp3) is 0.133. The molecule has 0 saturated heterocycles. The van der Waals surface area contributed by atoms with Crippen LogP contribution in [0.25, 0.3) is 0 Å². The average Bonchev–Trinajstić information content (AvgIpc) is 2.38. The molecule has 0 heterocycles. The van der Waals surface area contributed by atoms with E-state index in [-0.39, 0.29) is 5.78 Å². The molecule has 2 aromatic carbocycles. The molecule has 2 nitrogen and oxygen atoms in total. The van der Waals surface area contributed by atoms with E-state index in [1.807, 2.05) is 31.2 Å². The fourth-order valence-electron chi connectivity index (χ4n) is 1.85. The van der Waals surface area contributed by atoms with Gasteiger partial charge in [-0.25, -0.2) is 0 Å². The van der Waals surface area contributed by atoms with E-state index in [0.29, 0.717) is 11.1 Å². The molecule has 0 saturated carbocycles. The van der Waals surface area contributed by atoms with Crippen LogP contribution in [0.1, 0.15) is 21.5 Å². The number of benzene rings is 2. The maximum absolute atomic E-state index is 12.4. The molecule has 0 N–H and O–H groups in total. The Bertz CT molecular complexity index is 636. The Kier molecular flexibility index (Phi) is 4.42. The van der Waals surface area contributed by atoms with Crippen LogP contribution in [0.2, 0.25) is 0 Å². The number of hydrogen-bond acceptors (Lipinski definition) is 2. The van der Waals surface area contributed by atoms with Crippen molar-refractivity contribution in [3.8, 4) is 5.75 Å². The summed E-state index contributed by atoms with van der Waals surface area (Å²) in [6, 6.07) is 11.0. The quantitative estimate of drug-likeness (QED) is 0.714. The van der Waals surface area contributed by atoms with Crippen molar-refractivity contribution in [1.29, 1.82) is 0 Å². The van der Waals surface area contributed by atoms with Crippen molar-refractivity contribution in [3.05, 3.63) is 62.0 Å². The van der Waals surface area contributed by atoms with E-state index < -0.39 is 0 Å². The van der Waals surface area contributed by atoms with Gasteiger partial charge in [-0.1, -0.05) is 15.9 Å². The lowest BCUT2D eigenvalue weighted by atomic mass is 10.0. The Morgan fingerprint density at radius 2 is 1.84 bits per heavy atom. The second-order valence-electron chi connectivity index (χ2n) is 4.14. The van der Waals surface area contributed by atoms with Crippen molar-refractivity contribution >= 4 is 37.6 Å². The Hall–Kier alpha value is -1.13. The zero-order valence-corrected chi connectivity index (χ0v) is 13.7. The van der Waals surface area contributed by atoms with Crippen molar-refractivity contribution in [2.45, 2.75) is 6.92 Å². The number of methoxy groups -OCH3 is 1. The van der Waals surface area contributed by atoms with Crippen molar-refractivity contribution in [3.63, 3.8) is 0 Å². The van der Waals surface area contributed by atoms with Gasteiger partial charge in [-0.2, -0.15) is 0 Å². The third kappa shape index (κ3) is 3.07. The number of halogens is 2. The maximum Gasteiger partial charge on any atom is 0.194 e. The molecule has 19 heavy (non-hydrogen) atoms. The van der Waals surface area contributed by atoms with Gasteiger partial charge in [0.25, 0.3) is 0 Å². The summed E-state index contributed by atoms with van der Waals surface area (Å²) in [6.45, 7) is 1.92. The number of ether oxygens (including phenoxy) is 1. The lowest BCUT2D eigenvalue weighted by Gasteiger charge is -2.08. The molecule has 0 amide bonds. The van der Waals surface area contributed by atoms with Gasteiger partial charge in [0.2, 0.25) is 0 Å². The molecule has 0 spiro atoms. The standard InChI is InChI=1S/C15H12Br2O2/c1-9-7-10(3-6-14(9)19-2)15(18)12-5-4-11(16)8-13(12)17/h3-8H,1-2H3. The van der Waals surface area contributed by atoms with Gasteiger partial charge >= 0.3 is 0 Å². The van der Waals surface area contributed by atoms with Gasteiger partial charge in [0, 0.05) is 20.1 Å². The molecule has 0 aliphatic rings. The molecule has 2 aromatic rings. The molecule has 0 bridgehead atoms. The number of rotatable bonds is 3. The maximum atomic E-state index is 12.4. The van der Waals surface area contributed by atoms with E-state index in [1.165, 1.54) is 0 Å². The molecule has 0 aromatic heterocycles. The van der Waals surface area contributed by atoms with E-state index in [1.54, 1.807) is 19.2 Å². The van der Waals surface area contributed by atoms with Crippen LogP contribution in [0.4, 0.5) is 0 Å². The van der Waals surface area contributed by atoms with Gasteiger partial charge in [0.1, 0.15) is 5.75 Å². The second kappa shape index (κ2) is 5.88. The highest BCUT2D eigenvalue weighted by molar-refractivity contribution is 9.11. The van der Waals surface area contributed by atoms with Crippen LogP contribution in [-0.2, 0) is 0 Å². The summed E-state index contributed by atoms with van der Waals surface area (Å²) in [4.78, 5) is 12.4. The molecule has 0 aliphatic carbocycles. The summed E-state index contributed by atoms with van der Waals surface area (Å²) in [6.07, 6.45) is 0. The summed E-state index contributed by atoms with van der Waals surface area (Å²) < 4.78 is 6.91. The van der Waals surface area contributed by atoms with Crippen LogP contribution in [0.15, 0.2) is 45.3 Å². The largest absolute Gasteiger partial charge is 0.496 e. The van der Waals surface area contributed by atoms with E-state index in [0.717, 1.165) is 20.3 Å². The number of carbonyl (C=O) groups excluding carboxylic acids is 1. The first-order valence-corrected chi connectivity index (χ1v) is 7.26. The Balaban J connectivity index is 2.41. The molecule has 98 valence electrons. The molecule has 0 fully saturated rings. The topological polar surface area (TPSA) is 26.3 Å². The third-order valence-electron chi connectivity index (χ3n) is 2.83. The van der Waals surface area contributed by atoms with Crippen molar-refractivity contribution in [2.75, 3.05) is 7.11 Å². The lowest BCUT2D eigenvalue weighted by Crippen LogP contribution is -2.03. The molecule has 4 heteroatoms. The Morgan fingerprint density at radius 1 is 1.11 bits per heavy atom. The minimum absolute atomic E-state index is 0.00914. The van der Waals surface area contributed by atoms with Crippen molar-refractivity contribution in [1.82, 2.24) is 0 Å². The minimum Gasteiger partial charge on any atom is -0.496 e. The fourth-order valence-corrected chi connectivity index (χ4v) is 3.08. The Labute approximate surface area is 129 Å². The molecular formula is C15H12Br2O2. The van der Waals surface area contributed by atoms with E-state index in [4.69, 9.17) is 4.74 Å². The van der Waals surface area contributed by atoms with Crippen LogP contribution in [-0.4, -0.2) is 12.9 Å². The van der Waals surface area contributed by atoms with Gasteiger partial charge in [0.05, 0.1) is 7.11 Å². The SMILES string of the molecule is COc1ccc(C(=O)c2ccc(Br)cc2Br)cc1C. The first-order valence-electron chi connectivity index (χ1n) is 5.67. The summed E-state index contributed by atoms with van der Waals surface area (Å²) >= 11 is 6.79. The Morgan fingerprint density at radius 3 is 2.42 bits per heavy atom. The van der Waals surface area contributed by atoms with Gasteiger partial charge in [-0.05, 0) is 64.8 Å². The predicted octanol–water partition coefficient (Wildman–Crippen LogP) is 4.76. The highest BCUT2D eigenvalue weighted by Gasteiger charge is 2.14. The van der Waals surface area contributed by atoms with Gasteiger partial charge in [-0.15, -0.1) is 0 Å². The molecule has 0 atom stereocenters. The zero-order chi connectivity index (χ0) is 14.0. The smallest absolute Gasteiger partial charge is 0.194 e. The first kappa shape index (κ1) is 14.3. The van der Waals surface area contributed by atoms with E-state index in [9.17, 15) is 4.79 Å². The summed E-state index contributed by atoms with van der Waals surface area (Å²) in [5.74, 6) is 0.775.